The average molecular weight is 322 g/mol. The highest BCUT2D eigenvalue weighted by Crippen LogP contribution is 2.33. The smallest absolute Gasteiger partial charge is 0.351 e. The van der Waals surface area contributed by atoms with Crippen LogP contribution in [-0.2, 0) is 6.42 Å². The number of hydrazine groups is 2. The summed E-state index contributed by atoms with van der Waals surface area (Å²) in [5, 5.41) is 1.26. The molecule has 0 saturated heterocycles. The molecule has 0 bridgehead atoms. The fraction of sp³-hybridized carbons (Fsp3) is 0.154. The van der Waals surface area contributed by atoms with Crippen LogP contribution < -0.4 is 27.9 Å². The summed E-state index contributed by atoms with van der Waals surface area (Å²) in [6, 6.07) is 4.39. The maximum absolute atomic E-state index is 11.7. The molecule has 8 nitrogen and oxygen atoms in total. The third-order valence-electron chi connectivity index (χ3n) is 3.10. The number of nitrogens with one attached hydrogen (secondary N) is 1. The minimum Gasteiger partial charge on any atom is -0.398 e. The Labute approximate surface area is 132 Å². The van der Waals surface area contributed by atoms with Crippen LogP contribution in [0.1, 0.15) is 12.6 Å². The van der Waals surface area contributed by atoms with Gasteiger partial charge in [-0.05, 0) is 24.1 Å². The molecule has 0 aliphatic heterocycles. The standard InChI is InChI=1S/C13H16ClN7O/c1-2-10-11(7-3-4-8(14)9(15)5-7)12(19-6-18-10)21(17)13(22)20-16/h3-6H,2,15-17H2,1H3,(H,20,22). The van der Waals surface area contributed by atoms with Gasteiger partial charge in [-0.3, -0.25) is 5.43 Å². The second-order valence-electron chi connectivity index (χ2n) is 4.43. The molecule has 0 saturated carbocycles. The molecular formula is C13H16ClN7O. The lowest BCUT2D eigenvalue weighted by atomic mass is 10.0. The number of carbonyl (C=O) groups excluding carboxylic acids is 1. The van der Waals surface area contributed by atoms with Crippen molar-refractivity contribution >= 4 is 29.1 Å². The van der Waals surface area contributed by atoms with Crippen LogP contribution in [0.4, 0.5) is 16.3 Å². The maximum atomic E-state index is 11.7. The minimum atomic E-state index is -0.705. The van der Waals surface area contributed by atoms with Gasteiger partial charge in [-0.1, -0.05) is 24.6 Å². The van der Waals surface area contributed by atoms with Crippen LogP contribution in [0.3, 0.4) is 0 Å². The van der Waals surface area contributed by atoms with Crippen LogP contribution in [-0.4, -0.2) is 16.0 Å². The van der Waals surface area contributed by atoms with Crippen LogP contribution in [0.5, 0.6) is 0 Å². The van der Waals surface area contributed by atoms with Gasteiger partial charge >= 0.3 is 6.03 Å². The number of aryl methyl sites for hydroxylation is 1. The van der Waals surface area contributed by atoms with E-state index in [1.54, 1.807) is 18.2 Å². The summed E-state index contributed by atoms with van der Waals surface area (Å²) < 4.78 is 0. The second kappa shape index (κ2) is 6.56. The minimum absolute atomic E-state index is 0.219. The summed E-state index contributed by atoms with van der Waals surface area (Å²) >= 11 is 5.95. The molecule has 1 aromatic heterocycles. The molecule has 0 atom stereocenters. The van der Waals surface area contributed by atoms with E-state index in [9.17, 15) is 4.79 Å². The normalized spacial score (nSPS) is 10.4. The zero-order valence-electron chi connectivity index (χ0n) is 11.9. The predicted molar refractivity (Wildman–Crippen MR) is 85.7 cm³/mol. The Morgan fingerprint density at radius 3 is 2.73 bits per heavy atom. The zero-order chi connectivity index (χ0) is 16.3. The number of carbonyl (C=O) groups is 1. The van der Waals surface area contributed by atoms with Crippen molar-refractivity contribution < 1.29 is 4.79 Å². The summed E-state index contributed by atoms with van der Waals surface area (Å²) in [6.07, 6.45) is 1.95. The third-order valence-corrected chi connectivity index (χ3v) is 3.44. The van der Waals surface area contributed by atoms with Crippen molar-refractivity contribution in [1.29, 1.82) is 0 Å². The molecule has 0 fully saturated rings. The SMILES string of the molecule is CCc1ncnc(N(N)C(=O)NN)c1-c1ccc(Cl)c(N)c1. The summed E-state index contributed by atoms with van der Waals surface area (Å²) in [5.41, 5.74) is 10.2. The molecule has 2 amide bonds. The first kappa shape index (κ1) is 16.0. The molecule has 9 heteroatoms. The number of urea groups is 1. The van der Waals surface area contributed by atoms with E-state index in [4.69, 9.17) is 29.0 Å². The summed E-state index contributed by atoms with van der Waals surface area (Å²) in [4.78, 5) is 20.0. The Hall–Kier alpha value is -2.42. The van der Waals surface area contributed by atoms with E-state index < -0.39 is 6.03 Å². The van der Waals surface area contributed by atoms with Crippen molar-refractivity contribution in [3.05, 3.63) is 35.2 Å². The van der Waals surface area contributed by atoms with Crippen molar-refractivity contribution in [3.63, 3.8) is 0 Å². The van der Waals surface area contributed by atoms with E-state index >= 15 is 0 Å². The molecule has 0 unspecified atom stereocenters. The predicted octanol–water partition coefficient (Wildman–Crippen LogP) is 1.20. The molecule has 1 aromatic carbocycles. The number of amides is 2. The van der Waals surface area contributed by atoms with E-state index in [1.807, 2.05) is 12.3 Å². The number of nitrogens with two attached hydrogens (primary N) is 3. The Morgan fingerprint density at radius 1 is 1.41 bits per heavy atom. The second-order valence-corrected chi connectivity index (χ2v) is 4.84. The molecular weight excluding hydrogens is 306 g/mol. The Kier molecular flexibility index (Phi) is 4.76. The van der Waals surface area contributed by atoms with E-state index in [1.165, 1.54) is 6.33 Å². The lowest BCUT2D eigenvalue weighted by molar-refractivity contribution is 0.246. The number of hydrogen-bond donors (Lipinski definition) is 4. The third kappa shape index (κ3) is 2.93. The molecule has 0 aliphatic carbocycles. The van der Waals surface area contributed by atoms with Crippen molar-refractivity contribution in [2.24, 2.45) is 11.7 Å². The van der Waals surface area contributed by atoms with E-state index in [0.717, 1.165) is 5.01 Å². The van der Waals surface area contributed by atoms with E-state index in [2.05, 4.69) is 9.97 Å². The molecule has 116 valence electrons. The van der Waals surface area contributed by atoms with Gasteiger partial charge in [-0.15, -0.1) is 0 Å². The van der Waals surface area contributed by atoms with Gasteiger partial charge in [-0.2, -0.15) is 0 Å². The van der Waals surface area contributed by atoms with Crippen LogP contribution in [0.15, 0.2) is 24.5 Å². The highest BCUT2D eigenvalue weighted by atomic mass is 35.5. The highest BCUT2D eigenvalue weighted by Gasteiger charge is 2.20. The van der Waals surface area contributed by atoms with Crippen LogP contribution in [0.25, 0.3) is 11.1 Å². The molecule has 1 heterocycles. The average Bonchev–Trinajstić information content (AvgIpc) is 2.55. The quantitative estimate of drug-likeness (QED) is 0.290. The Balaban J connectivity index is 2.66. The molecule has 7 N–H and O–H groups in total. The summed E-state index contributed by atoms with van der Waals surface area (Å²) in [6.45, 7) is 1.93. The van der Waals surface area contributed by atoms with Gasteiger partial charge in [-0.25, -0.2) is 31.5 Å². The fourth-order valence-corrected chi connectivity index (χ4v) is 2.14. The van der Waals surface area contributed by atoms with Crippen molar-refractivity contribution in [3.8, 4) is 11.1 Å². The van der Waals surface area contributed by atoms with Crippen molar-refractivity contribution in [1.82, 2.24) is 15.4 Å². The van der Waals surface area contributed by atoms with Gasteiger partial charge in [0.25, 0.3) is 0 Å². The molecule has 0 radical (unpaired) electrons. The first-order chi connectivity index (χ1) is 10.5. The van der Waals surface area contributed by atoms with E-state index in [0.29, 0.717) is 34.0 Å². The lowest BCUT2D eigenvalue weighted by Gasteiger charge is -2.20. The number of rotatable bonds is 3. The molecule has 0 aliphatic rings. The zero-order valence-corrected chi connectivity index (χ0v) is 12.6. The Bertz CT molecular complexity index is 707. The van der Waals surface area contributed by atoms with Crippen LogP contribution in [0.2, 0.25) is 5.02 Å². The number of anilines is 2. The molecule has 2 rings (SSSR count). The Morgan fingerprint density at radius 2 is 2.14 bits per heavy atom. The first-order valence-electron chi connectivity index (χ1n) is 6.44. The van der Waals surface area contributed by atoms with Crippen LogP contribution >= 0.6 is 11.6 Å². The molecule has 22 heavy (non-hydrogen) atoms. The maximum Gasteiger partial charge on any atom is 0.351 e. The molecule has 2 aromatic rings. The number of nitrogens with zero attached hydrogens (tertiary/aromatic N) is 3. The summed E-state index contributed by atoms with van der Waals surface area (Å²) in [5.74, 6) is 11.1. The number of hydrogen-bond acceptors (Lipinski definition) is 6. The molecule has 0 spiro atoms. The van der Waals surface area contributed by atoms with Gasteiger partial charge in [0.1, 0.15) is 6.33 Å². The van der Waals surface area contributed by atoms with Gasteiger partial charge < -0.3 is 5.73 Å². The van der Waals surface area contributed by atoms with Gasteiger partial charge in [0, 0.05) is 5.56 Å². The van der Waals surface area contributed by atoms with Crippen LogP contribution in [0, 0.1) is 0 Å². The fourth-order valence-electron chi connectivity index (χ4n) is 2.02. The van der Waals surface area contributed by atoms with Gasteiger partial charge in [0.05, 0.1) is 16.4 Å². The number of aromatic nitrogens is 2. The first-order valence-corrected chi connectivity index (χ1v) is 6.82. The van der Waals surface area contributed by atoms with Crippen molar-refractivity contribution in [2.45, 2.75) is 13.3 Å². The monoisotopic (exact) mass is 321 g/mol. The number of benzene rings is 1. The van der Waals surface area contributed by atoms with Gasteiger partial charge in [0.15, 0.2) is 5.82 Å². The largest absolute Gasteiger partial charge is 0.398 e. The topological polar surface area (TPSA) is 136 Å². The van der Waals surface area contributed by atoms with Crippen molar-refractivity contribution in [2.75, 3.05) is 10.7 Å². The lowest BCUT2D eigenvalue weighted by Crippen LogP contribution is -2.48. The highest BCUT2D eigenvalue weighted by molar-refractivity contribution is 6.33. The number of halogens is 1. The van der Waals surface area contributed by atoms with E-state index in [-0.39, 0.29) is 5.82 Å². The number of nitrogen functional groups attached to an aromatic ring is 1. The summed E-state index contributed by atoms with van der Waals surface area (Å²) in [7, 11) is 0. The van der Waals surface area contributed by atoms with Gasteiger partial charge in [0.2, 0.25) is 0 Å².